The Morgan fingerprint density at radius 2 is 1.79 bits per heavy atom. The third kappa shape index (κ3) is 7.03. The van der Waals surface area contributed by atoms with E-state index in [9.17, 15) is 9.59 Å². The number of carbonyl (C=O) groups is 2. The molecule has 0 saturated carbocycles. The van der Waals surface area contributed by atoms with Gasteiger partial charge in [0.25, 0.3) is 0 Å². The van der Waals surface area contributed by atoms with Gasteiger partial charge in [-0.15, -0.1) is 0 Å². The zero-order valence-corrected chi connectivity index (χ0v) is 12.6. The zero-order valence-electron chi connectivity index (χ0n) is 12.6. The Morgan fingerprint density at radius 1 is 1.16 bits per heavy atom. The minimum absolute atomic E-state index is 0.0768. The molecule has 0 saturated heterocycles. The predicted octanol–water partition coefficient (Wildman–Crippen LogP) is 2.85. The monoisotopic (exact) mass is 272 g/mol. The molecule has 0 heterocycles. The Morgan fingerprint density at radius 3 is 2.21 bits per heavy atom. The summed E-state index contributed by atoms with van der Waals surface area (Å²) in [4.78, 5) is 24.9. The molecule has 19 heavy (non-hydrogen) atoms. The molecule has 2 amide bonds. The summed E-state index contributed by atoms with van der Waals surface area (Å²) in [5.74, 6) is -0.965. The Hall–Kier alpha value is -1.26. The van der Waals surface area contributed by atoms with Crippen LogP contribution in [0.15, 0.2) is 0 Å². The van der Waals surface area contributed by atoms with Gasteiger partial charge < -0.3 is 15.3 Å². The van der Waals surface area contributed by atoms with Gasteiger partial charge in [-0.1, -0.05) is 33.1 Å². The lowest BCUT2D eigenvalue weighted by Gasteiger charge is -2.28. The van der Waals surface area contributed by atoms with E-state index in [1.807, 2.05) is 20.8 Å². The van der Waals surface area contributed by atoms with Gasteiger partial charge in [-0.3, -0.25) is 0 Å². The van der Waals surface area contributed by atoms with E-state index < -0.39 is 12.0 Å². The molecule has 0 bridgehead atoms. The molecule has 0 spiro atoms. The lowest BCUT2D eigenvalue weighted by Crippen LogP contribution is -2.50. The smallest absolute Gasteiger partial charge is 0.326 e. The van der Waals surface area contributed by atoms with Gasteiger partial charge in [-0.25, -0.2) is 9.59 Å². The lowest BCUT2D eigenvalue weighted by molar-refractivity contribution is -0.139. The number of nitrogens with zero attached hydrogens (tertiary/aromatic N) is 1. The van der Waals surface area contributed by atoms with E-state index in [0.29, 0.717) is 13.0 Å². The second-order valence-electron chi connectivity index (χ2n) is 5.12. The molecule has 0 aromatic heterocycles. The molecule has 0 aromatic rings. The van der Waals surface area contributed by atoms with Crippen molar-refractivity contribution in [1.82, 2.24) is 10.2 Å². The first kappa shape index (κ1) is 17.7. The van der Waals surface area contributed by atoms with Crippen LogP contribution in [0.25, 0.3) is 0 Å². The number of carboxylic acids is 1. The van der Waals surface area contributed by atoms with Crippen molar-refractivity contribution in [2.24, 2.45) is 0 Å². The van der Waals surface area contributed by atoms with E-state index in [1.165, 1.54) is 0 Å². The zero-order chi connectivity index (χ0) is 14.8. The fourth-order valence-corrected chi connectivity index (χ4v) is 1.90. The first-order chi connectivity index (χ1) is 8.93. The Kier molecular flexibility index (Phi) is 9.00. The molecule has 0 rings (SSSR count). The average molecular weight is 272 g/mol. The van der Waals surface area contributed by atoms with Gasteiger partial charge in [0.15, 0.2) is 0 Å². The molecule has 1 unspecified atom stereocenters. The van der Waals surface area contributed by atoms with Crippen molar-refractivity contribution in [2.45, 2.75) is 71.9 Å². The number of carbonyl (C=O) groups excluding carboxylic acids is 1. The lowest BCUT2D eigenvalue weighted by atomic mass is 10.1. The van der Waals surface area contributed by atoms with E-state index in [-0.39, 0.29) is 12.1 Å². The van der Waals surface area contributed by atoms with E-state index in [1.54, 1.807) is 4.90 Å². The number of urea groups is 1. The SMILES string of the molecule is CCCCCN(C(=O)NC(CCC)C(=O)O)C(C)C. The minimum Gasteiger partial charge on any atom is -0.480 e. The molecule has 0 aromatic carbocycles. The van der Waals surface area contributed by atoms with Crippen molar-refractivity contribution in [1.29, 1.82) is 0 Å². The van der Waals surface area contributed by atoms with E-state index >= 15 is 0 Å². The van der Waals surface area contributed by atoms with E-state index in [4.69, 9.17) is 5.11 Å². The molecule has 0 aliphatic carbocycles. The highest BCUT2D eigenvalue weighted by atomic mass is 16.4. The summed E-state index contributed by atoms with van der Waals surface area (Å²) in [5.41, 5.74) is 0. The van der Waals surface area contributed by atoms with Gasteiger partial charge in [0.2, 0.25) is 0 Å². The Balaban J connectivity index is 4.48. The summed E-state index contributed by atoms with van der Waals surface area (Å²) in [6, 6.07) is -0.982. The van der Waals surface area contributed by atoms with Crippen molar-refractivity contribution in [3.05, 3.63) is 0 Å². The second-order valence-corrected chi connectivity index (χ2v) is 5.12. The molecule has 5 heteroatoms. The number of amides is 2. The second kappa shape index (κ2) is 9.64. The quantitative estimate of drug-likeness (QED) is 0.634. The summed E-state index contributed by atoms with van der Waals surface area (Å²) >= 11 is 0. The van der Waals surface area contributed by atoms with E-state index in [0.717, 1.165) is 25.7 Å². The fraction of sp³-hybridized carbons (Fsp3) is 0.857. The van der Waals surface area contributed by atoms with Crippen LogP contribution in [0.5, 0.6) is 0 Å². The number of unbranched alkanes of at least 4 members (excludes halogenated alkanes) is 2. The summed E-state index contributed by atoms with van der Waals surface area (Å²) in [7, 11) is 0. The standard InChI is InChI=1S/C14H28N2O3/c1-5-7-8-10-16(11(3)4)14(19)15-12(9-6-2)13(17)18/h11-12H,5-10H2,1-4H3,(H,15,19)(H,17,18). The van der Waals surface area contributed by atoms with Crippen LogP contribution in [0.3, 0.4) is 0 Å². The van der Waals surface area contributed by atoms with Gasteiger partial charge in [0.05, 0.1) is 0 Å². The Bertz CT molecular complexity index is 280. The Labute approximate surface area is 116 Å². The number of carboxylic acid groups (broad SMARTS) is 1. The van der Waals surface area contributed by atoms with Crippen LogP contribution in [-0.4, -0.2) is 40.6 Å². The van der Waals surface area contributed by atoms with Gasteiger partial charge in [-0.05, 0) is 26.7 Å². The normalized spacial score (nSPS) is 12.3. The highest BCUT2D eigenvalue weighted by molar-refractivity contribution is 5.82. The average Bonchev–Trinajstić information content (AvgIpc) is 2.33. The molecule has 2 N–H and O–H groups in total. The molecule has 1 atom stereocenters. The highest BCUT2D eigenvalue weighted by Gasteiger charge is 2.23. The largest absolute Gasteiger partial charge is 0.480 e. The molecule has 0 aliphatic rings. The van der Waals surface area contributed by atoms with Crippen molar-refractivity contribution in [2.75, 3.05) is 6.54 Å². The van der Waals surface area contributed by atoms with Crippen LogP contribution in [0.2, 0.25) is 0 Å². The van der Waals surface area contributed by atoms with Crippen LogP contribution < -0.4 is 5.32 Å². The predicted molar refractivity (Wildman–Crippen MR) is 76.2 cm³/mol. The molecular formula is C14H28N2O3. The molecule has 5 nitrogen and oxygen atoms in total. The minimum atomic E-state index is -0.965. The maximum Gasteiger partial charge on any atom is 0.326 e. The molecule has 112 valence electrons. The molecule has 0 fully saturated rings. The summed E-state index contributed by atoms with van der Waals surface area (Å²) in [6.45, 7) is 8.59. The van der Waals surface area contributed by atoms with Gasteiger partial charge in [0, 0.05) is 12.6 Å². The third-order valence-electron chi connectivity index (χ3n) is 3.06. The molecular weight excluding hydrogens is 244 g/mol. The fourth-order valence-electron chi connectivity index (χ4n) is 1.90. The maximum absolute atomic E-state index is 12.1. The van der Waals surface area contributed by atoms with Crippen LogP contribution in [0.1, 0.15) is 59.8 Å². The topological polar surface area (TPSA) is 69.6 Å². The van der Waals surface area contributed by atoms with Crippen molar-refractivity contribution in [3.8, 4) is 0 Å². The number of rotatable bonds is 9. The van der Waals surface area contributed by atoms with Gasteiger partial charge in [-0.2, -0.15) is 0 Å². The van der Waals surface area contributed by atoms with Crippen LogP contribution in [0, 0.1) is 0 Å². The van der Waals surface area contributed by atoms with E-state index in [2.05, 4.69) is 12.2 Å². The first-order valence-corrected chi connectivity index (χ1v) is 7.23. The van der Waals surface area contributed by atoms with Gasteiger partial charge >= 0.3 is 12.0 Å². The van der Waals surface area contributed by atoms with Crippen LogP contribution in [0.4, 0.5) is 4.79 Å². The number of aliphatic carboxylic acids is 1. The van der Waals surface area contributed by atoms with Crippen molar-refractivity contribution >= 4 is 12.0 Å². The number of hydrogen-bond acceptors (Lipinski definition) is 2. The number of hydrogen-bond donors (Lipinski definition) is 2. The summed E-state index contributed by atoms with van der Waals surface area (Å²) in [5, 5.41) is 11.7. The van der Waals surface area contributed by atoms with Crippen LogP contribution >= 0.6 is 0 Å². The highest BCUT2D eigenvalue weighted by Crippen LogP contribution is 2.06. The summed E-state index contributed by atoms with van der Waals surface area (Å²) in [6.07, 6.45) is 4.32. The van der Waals surface area contributed by atoms with Crippen molar-refractivity contribution in [3.63, 3.8) is 0 Å². The van der Waals surface area contributed by atoms with Crippen LogP contribution in [-0.2, 0) is 4.79 Å². The molecule has 0 aliphatic heterocycles. The number of nitrogens with one attached hydrogen (secondary N) is 1. The third-order valence-corrected chi connectivity index (χ3v) is 3.06. The van der Waals surface area contributed by atoms with Gasteiger partial charge in [0.1, 0.15) is 6.04 Å². The summed E-state index contributed by atoms with van der Waals surface area (Å²) < 4.78 is 0. The molecule has 0 radical (unpaired) electrons. The first-order valence-electron chi connectivity index (χ1n) is 7.23. The van der Waals surface area contributed by atoms with Crippen molar-refractivity contribution < 1.29 is 14.7 Å². The maximum atomic E-state index is 12.1.